The van der Waals surface area contributed by atoms with Gasteiger partial charge in [0.1, 0.15) is 0 Å². The first-order valence-corrected chi connectivity index (χ1v) is 8.07. The number of ketones is 1. The second kappa shape index (κ2) is 5.23. The molecule has 0 saturated heterocycles. The van der Waals surface area contributed by atoms with Crippen molar-refractivity contribution in [1.82, 2.24) is 4.57 Å². The lowest BCUT2D eigenvalue weighted by Gasteiger charge is -2.04. The van der Waals surface area contributed by atoms with E-state index in [1.54, 1.807) is 0 Å². The quantitative estimate of drug-likeness (QED) is 0.561. The molecule has 0 aliphatic heterocycles. The van der Waals surface area contributed by atoms with E-state index in [0.717, 1.165) is 24.0 Å². The molecule has 1 aromatic carbocycles. The highest BCUT2D eigenvalue weighted by atomic mass is 79.9. The van der Waals surface area contributed by atoms with E-state index in [0.29, 0.717) is 6.54 Å². The third-order valence-electron chi connectivity index (χ3n) is 2.90. The molecule has 19 heavy (non-hydrogen) atoms. The number of rotatable bonds is 3. The molecule has 96 valence electrons. The monoisotopic (exact) mass is 397 g/mol. The summed E-state index contributed by atoms with van der Waals surface area (Å²) in [7, 11) is 0. The molecule has 2 aromatic heterocycles. The predicted molar refractivity (Wildman–Crippen MR) is 86.0 cm³/mol. The van der Waals surface area contributed by atoms with Crippen LogP contribution in [0.15, 0.2) is 50.9 Å². The molecule has 0 unspecified atom stereocenters. The molecule has 0 spiro atoms. The third-order valence-corrected chi connectivity index (χ3v) is 5.06. The number of hydrogen-bond donors (Lipinski definition) is 0. The molecule has 5 heteroatoms. The van der Waals surface area contributed by atoms with Crippen molar-refractivity contribution < 1.29 is 4.79 Å². The predicted octanol–water partition coefficient (Wildman–Crippen LogP) is 5.11. The van der Waals surface area contributed by atoms with Gasteiger partial charge in [0.15, 0.2) is 5.78 Å². The Morgan fingerprint density at radius 2 is 2.00 bits per heavy atom. The van der Waals surface area contributed by atoms with E-state index in [4.69, 9.17) is 0 Å². The molecule has 0 bridgehead atoms. The molecular formula is C14H9Br2NOS. The lowest BCUT2D eigenvalue weighted by Crippen LogP contribution is -2.07. The lowest BCUT2D eigenvalue weighted by atomic mass is 10.2. The van der Waals surface area contributed by atoms with Gasteiger partial charge >= 0.3 is 0 Å². The number of carbonyl (C=O) groups excluding carboxylic acids is 1. The maximum atomic E-state index is 12.2. The molecule has 0 aliphatic carbocycles. The maximum Gasteiger partial charge on any atom is 0.192 e. The van der Waals surface area contributed by atoms with Crippen LogP contribution in [0.4, 0.5) is 0 Å². The Balaban J connectivity index is 1.93. The van der Waals surface area contributed by atoms with Crippen molar-refractivity contribution in [3.05, 3.63) is 55.7 Å². The molecule has 0 N–H and O–H groups in total. The van der Waals surface area contributed by atoms with Crippen molar-refractivity contribution >= 4 is 59.9 Å². The van der Waals surface area contributed by atoms with Crippen LogP contribution in [0.1, 0.15) is 9.67 Å². The Kier molecular flexibility index (Phi) is 3.60. The summed E-state index contributed by atoms with van der Waals surface area (Å²) in [6, 6.07) is 11.9. The van der Waals surface area contributed by atoms with Gasteiger partial charge in [-0.3, -0.25) is 4.79 Å². The number of thiophene rings is 1. The third kappa shape index (κ3) is 2.68. The molecule has 0 aliphatic rings. The smallest absolute Gasteiger partial charge is 0.192 e. The summed E-state index contributed by atoms with van der Waals surface area (Å²) < 4.78 is 3.98. The first-order valence-electron chi connectivity index (χ1n) is 5.66. The van der Waals surface area contributed by atoms with Gasteiger partial charge in [-0.25, -0.2) is 0 Å². The number of aromatic nitrogens is 1. The second-order valence-corrected chi connectivity index (χ2v) is 7.55. The fraction of sp³-hybridized carbons (Fsp3) is 0.0714. The Hall–Kier alpha value is -0.910. The zero-order valence-electron chi connectivity index (χ0n) is 9.77. The maximum absolute atomic E-state index is 12.2. The van der Waals surface area contributed by atoms with Crippen LogP contribution >= 0.6 is 43.2 Å². The van der Waals surface area contributed by atoms with Crippen LogP contribution < -0.4 is 0 Å². The average molecular weight is 399 g/mol. The minimum absolute atomic E-state index is 0.133. The zero-order valence-corrected chi connectivity index (χ0v) is 13.8. The van der Waals surface area contributed by atoms with Gasteiger partial charge in [0.05, 0.1) is 15.2 Å². The minimum atomic E-state index is 0.133. The number of Topliss-reactive ketones (excluding diaryl/α,β-unsaturated/α-hetero) is 1. The van der Waals surface area contributed by atoms with Crippen LogP contribution in [0, 0.1) is 0 Å². The van der Waals surface area contributed by atoms with Crippen molar-refractivity contribution in [2.24, 2.45) is 0 Å². The highest BCUT2D eigenvalue weighted by Crippen LogP contribution is 2.24. The van der Waals surface area contributed by atoms with Gasteiger partial charge in [0, 0.05) is 16.2 Å². The van der Waals surface area contributed by atoms with Gasteiger partial charge in [-0.1, -0.05) is 22.0 Å². The Labute approximate surface area is 131 Å². The second-order valence-electron chi connectivity index (χ2n) is 4.17. The van der Waals surface area contributed by atoms with Crippen molar-refractivity contribution in [2.45, 2.75) is 6.54 Å². The van der Waals surface area contributed by atoms with E-state index in [-0.39, 0.29) is 5.78 Å². The molecule has 0 atom stereocenters. The minimum Gasteiger partial charge on any atom is -0.340 e. The summed E-state index contributed by atoms with van der Waals surface area (Å²) in [5.41, 5.74) is 1.07. The number of halogens is 2. The van der Waals surface area contributed by atoms with Gasteiger partial charge < -0.3 is 4.57 Å². The van der Waals surface area contributed by atoms with Crippen molar-refractivity contribution in [3.8, 4) is 0 Å². The molecule has 0 fully saturated rings. The first-order chi connectivity index (χ1) is 9.13. The van der Waals surface area contributed by atoms with E-state index in [1.165, 1.54) is 11.3 Å². The molecule has 0 amide bonds. The summed E-state index contributed by atoms with van der Waals surface area (Å²) >= 11 is 8.32. The van der Waals surface area contributed by atoms with Crippen LogP contribution in [-0.2, 0) is 6.54 Å². The van der Waals surface area contributed by atoms with E-state index < -0.39 is 0 Å². The summed E-state index contributed by atoms with van der Waals surface area (Å²) in [6.07, 6.45) is 1.96. The lowest BCUT2D eigenvalue weighted by molar-refractivity contribution is 0.0977. The summed E-state index contributed by atoms with van der Waals surface area (Å²) in [6.45, 7) is 0.368. The first kappa shape index (κ1) is 13.1. The van der Waals surface area contributed by atoms with Crippen molar-refractivity contribution in [3.63, 3.8) is 0 Å². The fourth-order valence-electron chi connectivity index (χ4n) is 1.99. The Morgan fingerprint density at radius 1 is 1.16 bits per heavy atom. The van der Waals surface area contributed by atoms with Crippen molar-refractivity contribution in [1.29, 1.82) is 0 Å². The number of nitrogens with zero attached hydrogens (tertiary/aromatic N) is 1. The molecule has 3 aromatic rings. The number of carbonyl (C=O) groups is 1. The summed E-state index contributed by atoms with van der Waals surface area (Å²) in [5.74, 6) is 0.133. The number of fused-ring (bicyclic) bond motifs is 1. The van der Waals surface area contributed by atoms with Gasteiger partial charge in [0.25, 0.3) is 0 Å². The molecule has 0 radical (unpaired) electrons. The fourth-order valence-corrected chi connectivity index (χ4v) is 3.66. The van der Waals surface area contributed by atoms with Crippen LogP contribution in [0.3, 0.4) is 0 Å². The molecular weight excluding hydrogens is 390 g/mol. The van der Waals surface area contributed by atoms with Crippen molar-refractivity contribution in [2.75, 3.05) is 0 Å². The highest BCUT2D eigenvalue weighted by Gasteiger charge is 2.11. The zero-order chi connectivity index (χ0) is 13.4. The van der Waals surface area contributed by atoms with E-state index >= 15 is 0 Å². The molecule has 2 heterocycles. The SMILES string of the molecule is O=C(Cn1ccc2ccc(Br)cc21)c1ccc(Br)s1. The molecule has 2 nitrogen and oxygen atoms in total. The van der Waals surface area contributed by atoms with Crippen LogP contribution in [0.2, 0.25) is 0 Å². The Morgan fingerprint density at radius 3 is 2.74 bits per heavy atom. The van der Waals surface area contributed by atoms with Gasteiger partial charge in [-0.15, -0.1) is 11.3 Å². The van der Waals surface area contributed by atoms with Gasteiger partial charge in [-0.05, 0) is 51.6 Å². The van der Waals surface area contributed by atoms with Crippen LogP contribution in [0.5, 0.6) is 0 Å². The van der Waals surface area contributed by atoms with E-state index in [1.807, 2.05) is 47.2 Å². The van der Waals surface area contributed by atoms with Crippen LogP contribution in [0.25, 0.3) is 10.9 Å². The summed E-state index contributed by atoms with van der Waals surface area (Å²) in [4.78, 5) is 13.0. The largest absolute Gasteiger partial charge is 0.340 e. The van der Waals surface area contributed by atoms with E-state index in [2.05, 4.69) is 31.9 Å². The standard InChI is InChI=1S/C14H9Br2NOS/c15-10-2-1-9-5-6-17(11(9)7-10)8-12(18)13-3-4-14(16)19-13/h1-7H,8H2. The topological polar surface area (TPSA) is 22.0 Å². The molecule has 0 saturated carbocycles. The summed E-state index contributed by atoms with van der Waals surface area (Å²) in [5, 5.41) is 1.14. The average Bonchev–Trinajstić information content (AvgIpc) is 2.97. The number of benzene rings is 1. The van der Waals surface area contributed by atoms with E-state index in [9.17, 15) is 4.79 Å². The van der Waals surface area contributed by atoms with Gasteiger partial charge in [-0.2, -0.15) is 0 Å². The van der Waals surface area contributed by atoms with Crippen LogP contribution in [-0.4, -0.2) is 10.4 Å². The normalized spacial score (nSPS) is 11.1. The number of hydrogen-bond acceptors (Lipinski definition) is 2. The highest BCUT2D eigenvalue weighted by molar-refractivity contribution is 9.11. The molecule has 3 rings (SSSR count). The van der Waals surface area contributed by atoms with Gasteiger partial charge in [0.2, 0.25) is 0 Å². The Bertz CT molecular complexity index is 760.